The van der Waals surface area contributed by atoms with Crippen LogP contribution in [0.2, 0.25) is 0 Å². The molecule has 0 spiro atoms. The van der Waals surface area contributed by atoms with Crippen LogP contribution in [0, 0.1) is 0 Å². The average Bonchev–Trinajstić information content (AvgIpc) is 2.39. The van der Waals surface area contributed by atoms with Gasteiger partial charge in [0, 0.05) is 28.2 Å². The van der Waals surface area contributed by atoms with Crippen LogP contribution in [0.4, 0.5) is 0 Å². The molecule has 0 aromatic heterocycles. The van der Waals surface area contributed by atoms with Crippen molar-refractivity contribution in [3.63, 3.8) is 0 Å². The number of carbonyl (C=O) groups is 2. The van der Waals surface area contributed by atoms with Crippen LogP contribution in [-0.2, 0) is 9.59 Å². The second-order valence-electron chi connectivity index (χ2n) is 4.49. The van der Waals surface area contributed by atoms with E-state index in [1.807, 2.05) is 68.6 Å². The molecular weight excluding hydrogens is 264 g/mol. The molecule has 116 valence electrons. The summed E-state index contributed by atoms with van der Waals surface area (Å²) in [5.41, 5.74) is 0. The van der Waals surface area contributed by atoms with E-state index in [2.05, 4.69) is 0 Å². The number of hydrogen-bond acceptors (Lipinski definition) is 4. The maximum atomic E-state index is 10.4. The number of hydrogen-bond donors (Lipinski definition) is 0. The first kappa shape index (κ1) is 20.9. The molecule has 0 bridgehead atoms. The van der Waals surface area contributed by atoms with Crippen molar-refractivity contribution in [1.82, 2.24) is 9.80 Å². The minimum atomic E-state index is 0.0726. The highest BCUT2D eigenvalue weighted by molar-refractivity contribution is 5.87. The molecule has 0 N–H and O–H groups in total. The molecule has 0 saturated carbocycles. The Morgan fingerprint density at radius 2 is 1.14 bits per heavy atom. The normalized spacial score (nSPS) is 11.5. The summed E-state index contributed by atoms with van der Waals surface area (Å²) < 4.78 is 0. The second-order valence-corrected chi connectivity index (χ2v) is 4.49. The molecule has 0 saturated heterocycles. The largest absolute Gasteiger partial charge is 0.383 e. The van der Waals surface area contributed by atoms with Crippen LogP contribution in [0.3, 0.4) is 0 Å². The van der Waals surface area contributed by atoms with E-state index in [-0.39, 0.29) is 5.78 Å². The van der Waals surface area contributed by atoms with E-state index < -0.39 is 0 Å². The molecular formula is C17H26N2O2. The summed E-state index contributed by atoms with van der Waals surface area (Å²) in [5.74, 6) is 0.0726. The third-order valence-electron chi connectivity index (χ3n) is 1.73. The first-order valence-electron chi connectivity index (χ1n) is 6.53. The molecule has 0 amide bonds. The lowest BCUT2D eigenvalue weighted by Gasteiger charge is -2.00. The Kier molecular flexibility index (Phi) is 15.7. The van der Waals surface area contributed by atoms with Crippen LogP contribution in [0.1, 0.15) is 6.92 Å². The zero-order valence-corrected chi connectivity index (χ0v) is 13.6. The van der Waals surface area contributed by atoms with Crippen molar-refractivity contribution in [1.29, 1.82) is 0 Å². The summed E-state index contributed by atoms with van der Waals surface area (Å²) in [4.78, 5) is 24.0. The molecule has 0 unspecified atom stereocenters. The van der Waals surface area contributed by atoms with Crippen LogP contribution >= 0.6 is 0 Å². The van der Waals surface area contributed by atoms with E-state index in [9.17, 15) is 9.59 Å². The Morgan fingerprint density at radius 1 is 0.714 bits per heavy atom. The third-order valence-corrected chi connectivity index (χ3v) is 1.73. The predicted octanol–water partition coefficient (Wildman–Crippen LogP) is 2.58. The van der Waals surface area contributed by atoms with Gasteiger partial charge in [-0.15, -0.1) is 0 Å². The van der Waals surface area contributed by atoms with Crippen molar-refractivity contribution in [2.45, 2.75) is 6.92 Å². The van der Waals surface area contributed by atoms with Crippen LogP contribution in [0.5, 0.6) is 0 Å². The second kappa shape index (κ2) is 15.7. The molecule has 0 fully saturated rings. The van der Waals surface area contributed by atoms with Crippen molar-refractivity contribution in [2.75, 3.05) is 28.2 Å². The van der Waals surface area contributed by atoms with Gasteiger partial charge in [-0.05, 0) is 43.6 Å². The van der Waals surface area contributed by atoms with E-state index in [4.69, 9.17) is 0 Å². The van der Waals surface area contributed by atoms with Crippen LogP contribution in [0.25, 0.3) is 0 Å². The molecule has 21 heavy (non-hydrogen) atoms. The Labute approximate surface area is 128 Å². The van der Waals surface area contributed by atoms with Gasteiger partial charge in [-0.25, -0.2) is 0 Å². The molecule has 0 aliphatic heterocycles. The Balaban J connectivity index is 0. The number of nitrogens with zero attached hydrogens (tertiary/aromatic N) is 2. The van der Waals surface area contributed by atoms with Crippen molar-refractivity contribution < 1.29 is 9.59 Å². The summed E-state index contributed by atoms with van der Waals surface area (Å²) in [7, 11) is 7.76. The number of carbonyl (C=O) groups excluding carboxylic acids is 2. The highest BCUT2D eigenvalue weighted by atomic mass is 16.1. The van der Waals surface area contributed by atoms with E-state index in [1.54, 1.807) is 18.2 Å². The number of ketones is 1. The molecule has 0 aliphatic carbocycles. The van der Waals surface area contributed by atoms with Gasteiger partial charge in [-0.3, -0.25) is 9.59 Å². The van der Waals surface area contributed by atoms with E-state index in [1.165, 1.54) is 19.1 Å². The number of allylic oxidation sites excluding steroid dienone is 8. The standard InChI is InChI=1S/C9H13NO.C8H13NO/c1-10(2)8-6-4-3-5-7-9-11;1-8(10)6-4-5-7-9(2)3/h3-9H,1-2H3;4-7H,1-3H3. The minimum Gasteiger partial charge on any atom is -0.383 e. The van der Waals surface area contributed by atoms with E-state index in [0.717, 1.165) is 6.29 Å². The van der Waals surface area contributed by atoms with Gasteiger partial charge in [0.05, 0.1) is 0 Å². The molecule has 0 heterocycles. The molecule has 4 heteroatoms. The van der Waals surface area contributed by atoms with Crippen molar-refractivity contribution in [3.8, 4) is 0 Å². The third kappa shape index (κ3) is 27.0. The zero-order chi connectivity index (χ0) is 16.5. The zero-order valence-electron chi connectivity index (χ0n) is 13.6. The van der Waals surface area contributed by atoms with Gasteiger partial charge in [0.2, 0.25) is 0 Å². The SMILES string of the molecule is CC(=O)C=CC=CN(C)C.CN(C)C=CC=CC=CC=O. The minimum absolute atomic E-state index is 0.0726. The smallest absolute Gasteiger partial charge is 0.152 e. The highest BCUT2D eigenvalue weighted by Crippen LogP contribution is 1.81. The van der Waals surface area contributed by atoms with Crippen LogP contribution < -0.4 is 0 Å². The highest BCUT2D eigenvalue weighted by Gasteiger charge is 1.77. The lowest BCUT2D eigenvalue weighted by Crippen LogP contribution is -1.99. The fraction of sp³-hybridized carbons (Fsp3) is 0.294. The van der Waals surface area contributed by atoms with Gasteiger partial charge in [-0.1, -0.05) is 24.3 Å². The topological polar surface area (TPSA) is 40.6 Å². The van der Waals surface area contributed by atoms with Gasteiger partial charge in [0.15, 0.2) is 5.78 Å². The van der Waals surface area contributed by atoms with Crippen molar-refractivity contribution in [2.24, 2.45) is 0 Å². The summed E-state index contributed by atoms with van der Waals surface area (Å²) in [6.45, 7) is 1.53. The lowest BCUT2D eigenvalue weighted by atomic mass is 10.4. The Morgan fingerprint density at radius 3 is 1.57 bits per heavy atom. The molecule has 4 nitrogen and oxygen atoms in total. The van der Waals surface area contributed by atoms with E-state index in [0.29, 0.717) is 0 Å². The Bertz CT molecular complexity index is 415. The Hall–Kier alpha value is -2.36. The summed E-state index contributed by atoms with van der Waals surface area (Å²) in [6.07, 6.45) is 18.3. The van der Waals surface area contributed by atoms with Gasteiger partial charge in [-0.2, -0.15) is 0 Å². The fourth-order valence-electron chi connectivity index (χ4n) is 0.873. The van der Waals surface area contributed by atoms with Crippen molar-refractivity contribution in [3.05, 3.63) is 61.0 Å². The summed E-state index contributed by atoms with van der Waals surface area (Å²) >= 11 is 0. The van der Waals surface area contributed by atoms with Crippen molar-refractivity contribution >= 4 is 12.1 Å². The van der Waals surface area contributed by atoms with Crippen LogP contribution in [0.15, 0.2) is 61.0 Å². The van der Waals surface area contributed by atoms with Gasteiger partial charge < -0.3 is 9.80 Å². The van der Waals surface area contributed by atoms with Gasteiger partial charge in [0.25, 0.3) is 0 Å². The predicted molar refractivity (Wildman–Crippen MR) is 89.8 cm³/mol. The first-order chi connectivity index (χ1) is 9.90. The monoisotopic (exact) mass is 290 g/mol. The molecule has 0 aromatic rings. The lowest BCUT2D eigenvalue weighted by molar-refractivity contribution is -0.112. The van der Waals surface area contributed by atoms with Gasteiger partial charge in [0.1, 0.15) is 6.29 Å². The summed E-state index contributed by atoms with van der Waals surface area (Å²) in [6, 6.07) is 0. The van der Waals surface area contributed by atoms with E-state index >= 15 is 0 Å². The molecule has 0 aliphatic rings. The maximum absolute atomic E-state index is 10.4. The average molecular weight is 290 g/mol. The number of aldehydes is 1. The maximum Gasteiger partial charge on any atom is 0.152 e. The molecule has 0 radical (unpaired) electrons. The first-order valence-corrected chi connectivity index (χ1v) is 6.53. The molecule has 0 rings (SSSR count). The quantitative estimate of drug-likeness (QED) is 0.410. The van der Waals surface area contributed by atoms with Crippen LogP contribution in [-0.4, -0.2) is 50.1 Å². The van der Waals surface area contributed by atoms with Gasteiger partial charge >= 0.3 is 0 Å². The molecule has 0 atom stereocenters. The fourth-order valence-corrected chi connectivity index (χ4v) is 0.873. The summed E-state index contributed by atoms with van der Waals surface area (Å²) in [5, 5.41) is 0. The molecule has 0 aromatic carbocycles. The number of rotatable bonds is 7.